The van der Waals surface area contributed by atoms with Crippen molar-refractivity contribution < 1.29 is 4.79 Å². The van der Waals surface area contributed by atoms with Gasteiger partial charge >= 0.3 is 0 Å². The minimum absolute atomic E-state index is 0.0405. The molecule has 0 bridgehead atoms. The Morgan fingerprint density at radius 2 is 1.47 bits per heavy atom. The molecule has 0 heterocycles. The van der Waals surface area contributed by atoms with Crippen molar-refractivity contribution in [2.75, 3.05) is 5.73 Å². The Kier molecular flexibility index (Phi) is 1.48. The van der Waals surface area contributed by atoms with Gasteiger partial charge in [-0.1, -0.05) is 36.4 Å². The highest BCUT2D eigenvalue weighted by Gasteiger charge is 2.27. The molecular weight excluding hydrogens is 186 g/mol. The summed E-state index contributed by atoms with van der Waals surface area (Å²) in [6.45, 7) is 0. The van der Waals surface area contributed by atoms with E-state index in [0.717, 1.165) is 16.7 Å². The maximum absolute atomic E-state index is 12.0. The molecular formula is C13H9NO. The minimum Gasteiger partial charge on any atom is -0.398 e. The Morgan fingerprint density at radius 3 is 2.27 bits per heavy atom. The van der Waals surface area contributed by atoms with Gasteiger partial charge in [-0.3, -0.25) is 4.79 Å². The van der Waals surface area contributed by atoms with Crippen LogP contribution in [0.4, 0.5) is 5.69 Å². The van der Waals surface area contributed by atoms with E-state index in [1.165, 1.54) is 0 Å². The Balaban J connectivity index is 2.43. The van der Waals surface area contributed by atoms with Crippen molar-refractivity contribution in [2.24, 2.45) is 0 Å². The molecule has 0 amide bonds. The number of hydrogen-bond acceptors (Lipinski definition) is 2. The first-order chi connectivity index (χ1) is 7.29. The van der Waals surface area contributed by atoms with Crippen molar-refractivity contribution in [2.45, 2.75) is 0 Å². The highest BCUT2D eigenvalue weighted by Crippen LogP contribution is 2.38. The van der Waals surface area contributed by atoms with Gasteiger partial charge in [0.05, 0.1) is 5.56 Å². The molecule has 0 saturated carbocycles. The van der Waals surface area contributed by atoms with Gasteiger partial charge in [-0.15, -0.1) is 0 Å². The third-order valence-electron chi connectivity index (χ3n) is 2.79. The van der Waals surface area contributed by atoms with Crippen molar-refractivity contribution in [3.63, 3.8) is 0 Å². The van der Waals surface area contributed by atoms with Gasteiger partial charge in [-0.2, -0.15) is 0 Å². The highest BCUT2D eigenvalue weighted by molar-refractivity contribution is 6.24. The fourth-order valence-corrected chi connectivity index (χ4v) is 2.10. The average molecular weight is 195 g/mol. The molecule has 2 nitrogen and oxygen atoms in total. The van der Waals surface area contributed by atoms with Crippen LogP contribution in [-0.2, 0) is 0 Å². The fraction of sp³-hybridized carbons (Fsp3) is 0. The van der Waals surface area contributed by atoms with E-state index in [1.54, 1.807) is 6.07 Å². The van der Waals surface area contributed by atoms with E-state index < -0.39 is 0 Å². The van der Waals surface area contributed by atoms with Gasteiger partial charge in [-0.05, 0) is 17.2 Å². The maximum atomic E-state index is 12.0. The van der Waals surface area contributed by atoms with Crippen molar-refractivity contribution in [3.05, 3.63) is 53.6 Å². The van der Waals surface area contributed by atoms with Crippen LogP contribution in [0, 0.1) is 0 Å². The fourth-order valence-electron chi connectivity index (χ4n) is 2.10. The molecule has 0 unspecified atom stereocenters. The smallest absolute Gasteiger partial charge is 0.196 e. The number of carbonyl (C=O) groups is 1. The summed E-state index contributed by atoms with van der Waals surface area (Å²) >= 11 is 0. The van der Waals surface area contributed by atoms with E-state index >= 15 is 0 Å². The second-order valence-electron chi connectivity index (χ2n) is 3.64. The number of nitrogen functional groups attached to an aromatic ring is 1. The largest absolute Gasteiger partial charge is 0.398 e. The molecule has 2 aromatic rings. The monoisotopic (exact) mass is 195 g/mol. The second kappa shape index (κ2) is 2.70. The van der Waals surface area contributed by atoms with Gasteiger partial charge in [0.1, 0.15) is 0 Å². The Morgan fingerprint density at radius 1 is 0.800 bits per heavy atom. The number of nitrogens with two attached hydrogens (primary N) is 1. The summed E-state index contributed by atoms with van der Waals surface area (Å²) in [6.07, 6.45) is 0. The first-order valence-corrected chi connectivity index (χ1v) is 4.81. The maximum Gasteiger partial charge on any atom is 0.196 e. The first-order valence-electron chi connectivity index (χ1n) is 4.81. The molecule has 0 saturated heterocycles. The first kappa shape index (κ1) is 8.24. The molecule has 3 rings (SSSR count). The normalized spacial score (nSPS) is 12.4. The number of ketones is 1. The van der Waals surface area contributed by atoms with Crippen molar-refractivity contribution in [3.8, 4) is 11.1 Å². The van der Waals surface area contributed by atoms with Gasteiger partial charge < -0.3 is 5.73 Å². The van der Waals surface area contributed by atoms with E-state index in [-0.39, 0.29) is 5.78 Å². The summed E-state index contributed by atoms with van der Waals surface area (Å²) in [7, 11) is 0. The number of hydrogen-bond donors (Lipinski definition) is 1. The van der Waals surface area contributed by atoms with Gasteiger partial charge in [0.2, 0.25) is 0 Å². The molecule has 72 valence electrons. The topological polar surface area (TPSA) is 43.1 Å². The van der Waals surface area contributed by atoms with Crippen LogP contribution < -0.4 is 5.73 Å². The number of benzene rings is 2. The van der Waals surface area contributed by atoms with Gasteiger partial charge in [-0.25, -0.2) is 0 Å². The summed E-state index contributed by atoms with van der Waals surface area (Å²) in [4.78, 5) is 12.0. The molecule has 0 aliphatic heterocycles. The molecule has 0 aromatic heterocycles. The van der Waals surface area contributed by atoms with E-state index in [4.69, 9.17) is 5.73 Å². The third kappa shape index (κ3) is 0.960. The molecule has 15 heavy (non-hydrogen) atoms. The lowest BCUT2D eigenvalue weighted by atomic mass is 10.1. The molecule has 2 heteroatoms. The lowest BCUT2D eigenvalue weighted by Gasteiger charge is -2.00. The van der Waals surface area contributed by atoms with Crippen LogP contribution in [0.15, 0.2) is 42.5 Å². The standard InChI is InChI=1S/C13H9NO/c14-11-7-3-6-9-8-4-1-2-5-10(8)13(15)12(9)11/h1-7H,14H2. The number of carbonyl (C=O) groups excluding carboxylic acids is 1. The molecule has 1 aliphatic carbocycles. The predicted octanol–water partition coefficient (Wildman–Crippen LogP) is 2.48. The predicted molar refractivity (Wildman–Crippen MR) is 59.7 cm³/mol. The van der Waals surface area contributed by atoms with Gasteiger partial charge in [0.25, 0.3) is 0 Å². The van der Waals surface area contributed by atoms with Crippen molar-refractivity contribution >= 4 is 11.5 Å². The SMILES string of the molecule is Nc1cccc2c1C(=O)c1ccccc1-2. The zero-order valence-corrected chi connectivity index (χ0v) is 8.03. The van der Waals surface area contributed by atoms with Crippen LogP contribution in [0.5, 0.6) is 0 Å². The lowest BCUT2D eigenvalue weighted by molar-refractivity contribution is 0.104. The van der Waals surface area contributed by atoms with E-state index in [2.05, 4.69) is 0 Å². The number of rotatable bonds is 0. The van der Waals surface area contributed by atoms with Crippen LogP contribution in [0.2, 0.25) is 0 Å². The average Bonchev–Trinajstić information content (AvgIpc) is 2.55. The highest BCUT2D eigenvalue weighted by atomic mass is 16.1. The molecule has 2 N–H and O–H groups in total. The van der Waals surface area contributed by atoms with E-state index in [1.807, 2.05) is 36.4 Å². The quantitative estimate of drug-likeness (QED) is 0.560. The second-order valence-corrected chi connectivity index (χ2v) is 3.64. The van der Waals surface area contributed by atoms with Gasteiger partial charge in [0.15, 0.2) is 5.78 Å². The lowest BCUT2D eigenvalue weighted by Crippen LogP contribution is -1.99. The van der Waals surface area contributed by atoms with Crippen molar-refractivity contribution in [1.82, 2.24) is 0 Å². The molecule has 0 radical (unpaired) electrons. The Hall–Kier alpha value is -2.09. The zero-order chi connectivity index (χ0) is 10.4. The summed E-state index contributed by atoms with van der Waals surface area (Å²) in [5, 5.41) is 0. The van der Waals surface area contributed by atoms with Crippen molar-refractivity contribution in [1.29, 1.82) is 0 Å². The molecule has 0 fully saturated rings. The molecule has 2 aromatic carbocycles. The molecule has 0 spiro atoms. The van der Waals surface area contributed by atoms with Gasteiger partial charge in [0, 0.05) is 11.3 Å². The molecule has 0 atom stereocenters. The zero-order valence-electron chi connectivity index (χ0n) is 8.03. The summed E-state index contributed by atoms with van der Waals surface area (Å²) in [5.41, 5.74) is 9.74. The van der Waals surface area contributed by atoms with E-state index in [9.17, 15) is 4.79 Å². The molecule has 1 aliphatic rings. The summed E-state index contributed by atoms with van der Waals surface area (Å²) in [6, 6.07) is 13.2. The number of anilines is 1. The van der Waals surface area contributed by atoms with Crippen LogP contribution >= 0.6 is 0 Å². The summed E-state index contributed by atoms with van der Waals surface area (Å²) < 4.78 is 0. The Labute approximate surface area is 87.3 Å². The van der Waals surface area contributed by atoms with Crippen LogP contribution in [0.1, 0.15) is 15.9 Å². The Bertz CT molecular complexity index is 572. The minimum atomic E-state index is 0.0405. The van der Waals surface area contributed by atoms with E-state index in [0.29, 0.717) is 11.3 Å². The van der Waals surface area contributed by atoms with Crippen LogP contribution in [0.3, 0.4) is 0 Å². The summed E-state index contributed by atoms with van der Waals surface area (Å²) in [5.74, 6) is 0.0405. The van der Waals surface area contributed by atoms with Crippen LogP contribution in [0.25, 0.3) is 11.1 Å². The van der Waals surface area contributed by atoms with Crippen LogP contribution in [-0.4, -0.2) is 5.78 Å². The third-order valence-corrected chi connectivity index (χ3v) is 2.79. The number of fused-ring (bicyclic) bond motifs is 3.